The number of aryl methyl sites for hydroxylation is 2. The van der Waals surface area contributed by atoms with Gasteiger partial charge in [0.2, 0.25) is 0 Å². The van der Waals surface area contributed by atoms with Crippen LogP contribution in [-0.2, 0) is 18.2 Å². The van der Waals surface area contributed by atoms with Crippen LogP contribution in [-0.4, -0.2) is 55.7 Å². The Kier molecular flexibility index (Phi) is 4.44. The Labute approximate surface area is 132 Å². The second kappa shape index (κ2) is 6.49. The molecule has 1 amide bonds. The number of carbonyl (C=O) groups is 1. The average molecular weight is 322 g/mol. The van der Waals surface area contributed by atoms with E-state index in [9.17, 15) is 4.79 Å². The van der Waals surface area contributed by atoms with E-state index in [-0.39, 0.29) is 12.0 Å². The first-order valence-electron chi connectivity index (χ1n) is 7.26. The Morgan fingerprint density at radius 1 is 1.55 bits per heavy atom. The number of thiazole rings is 1. The van der Waals surface area contributed by atoms with Gasteiger partial charge in [-0.15, -0.1) is 16.4 Å². The van der Waals surface area contributed by atoms with Crippen LogP contribution in [0.3, 0.4) is 0 Å². The van der Waals surface area contributed by atoms with Crippen molar-refractivity contribution in [1.82, 2.24) is 30.1 Å². The number of nitrogens with zero attached hydrogens (tertiary/aromatic N) is 6. The highest BCUT2D eigenvalue weighted by Crippen LogP contribution is 2.21. The average Bonchev–Trinajstić information content (AvgIpc) is 3.16. The molecule has 0 bridgehead atoms. The molecule has 3 heterocycles. The highest BCUT2D eigenvalue weighted by Gasteiger charge is 2.30. The molecule has 1 atom stereocenters. The van der Waals surface area contributed by atoms with Crippen molar-refractivity contribution in [3.63, 3.8) is 0 Å². The number of hydrogen-bond acceptors (Lipinski definition) is 7. The van der Waals surface area contributed by atoms with Crippen molar-refractivity contribution in [3.05, 3.63) is 21.9 Å². The number of rotatable bonds is 4. The molecule has 1 saturated heterocycles. The maximum atomic E-state index is 12.6. The van der Waals surface area contributed by atoms with E-state index in [4.69, 9.17) is 4.74 Å². The van der Waals surface area contributed by atoms with Gasteiger partial charge in [0.15, 0.2) is 5.82 Å². The van der Waals surface area contributed by atoms with Crippen LogP contribution in [0.25, 0.3) is 0 Å². The Hall–Kier alpha value is -1.87. The SMILES string of the molecule is CCCc1nc(C(=O)N2CCOC(c3nnnn3C)C2)cs1. The smallest absolute Gasteiger partial charge is 0.273 e. The summed E-state index contributed by atoms with van der Waals surface area (Å²) in [6.07, 6.45) is 1.64. The van der Waals surface area contributed by atoms with Crippen LogP contribution in [0.2, 0.25) is 0 Å². The summed E-state index contributed by atoms with van der Waals surface area (Å²) in [5.74, 6) is 0.574. The number of aromatic nitrogens is 5. The molecular weight excluding hydrogens is 304 g/mol. The molecule has 1 unspecified atom stereocenters. The standard InChI is InChI=1S/C13H18N6O2S/c1-3-4-11-14-9(8-22-11)13(20)19-5-6-21-10(7-19)12-15-16-17-18(12)2/h8,10H,3-7H2,1-2H3. The normalized spacial score (nSPS) is 18.6. The van der Waals surface area contributed by atoms with Crippen molar-refractivity contribution in [2.45, 2.75) is 25.9 Å². The summed E-state index contributed by atoms with van der Waals surface area (Å²) < 4.78 is 7.26. The monoisotopic (exact) mass is 322 g/mol. The summed E-state index contributed by atoms with van der Waals surface area (Å²) in [6, 6.07) is 0. The van der Waals surface area contributed by atoms with Gasteiger partial charge in [-0.2, -0.15) is 0 Å². The summed E-state index contributed by atoms with van der Waals surface area (Å²) in [7, 11) is 1.76. The Balaban J connectivity index is 1.71. The van der Waals surface area contributed by atoms with Crippen molar-refractivity contribution in [2.24, 2.45) is 7.05 Å². The molecule has 0 aliphatic carbocycles. The minimum absolute atomic E-state index is 0.0537. The molecule has 0 N–H and O–H groups in total. The van der Waals surface area contributed by atoms with E-state index < -0.39 is 0 Å². The predicted octanol–water partition coefficient (Wildman–Crippen LogP) is 0.833. The van der Waals surface area contributed by atoms with Gasteiger partial charge in [-0.05, 0) is 23.3 Å². The Bertz CT molecular complexity index is 655. The molecule has 8 nitrogen and oxygen atoms in total. The van der Waals surface area contributed by atoms with Gasteiger partial charge >= 0.3 is 0 Å². The van der Waals surface area contributed by atoms with Crippen LogP contribution in [0.5, 0.6) is 0 Å². The van der Waals surface area contributed by atoms with Crippen LogP contribution in [0.1, 0.15) is 40.8 Å². The molecule has 0 radical (unpaired) electrons. The minimum atomic E-state index is -0.300. The molecule has 1 aliphatic rings. The first kappa shape index (κ1) is 15.0. The van der Waals surface area contributed by atoms with Crippen LogP contribution in [0, 0.1) is 0 Å². The largest absolute Gasteiger partial charge is 0.366 e. The molecule has 0 spiro atoms. The van der Waals surface area contributed by atoms with Gasteiger partial charge in [0.1, 0.15) is 11.8 Å². The van der Waals surface area contributed by atoms with Gasteiger partial charge in [0.25, 0.3) is 5.91 Å². The number of amides is 1. The zero-order chi connectivity index (χ0) is 15.5. The highest BCUT2D eigenvalue weighted by molar-refractivity contribution is 7.09. The first-order valence-corrected chi connectivity index (χ1v) is 8.14. The quantitative estimate of drug-likeness (QED) is 0.829. The molecule has 2 aromatic rings. The van der Waals surface area contributed by atoms with Gasteiger partial charge in [-0.25, -0.2) is 9.67 Å². The Morgan fingerprint density at radius 3 is 3.14 bits per heavy atom. The predicted molar refractivity (Wildman–Crippen MR) is 79.5 cm³/mol. The van der Waals surface area contributed by atoms with Crippen molar-refractivity contribution in [3.8, 4) is 0 Å². The second-order valence-corrected chi connectivity index (χ2v) is 6.09. The van der Waals surface area contributed by atoms with E-state index in [0.717, 1.165) is 17.8 Å². The minimum Gasteiger partial charge on any atom is -0.366 e. The molecule has 1 fully saturated rings. The first-order chi connectivity index (χ1) is 10.7. The van der Waals surface area contributed by atoms with E-state index in [1.54, 1.807) is 28.0 Å². The van der Waals surface area contributed by atoms with Crippen LogP contribution >= 0.6 is 11.3 Å². The third-order valence-electron chi connectivity index (χ3n) is 3.53. The van der Waals surface area contributed by atoms with Crippen LogP contribution in [0.4, 0.5) is 0 Å². The van der Waals surface area contributed by atoms with Crippen molar-refractivity contribution < 1.29 is 9.53 Å². The summed E-state index contributed by atoms with van der Waals surface area (Å²) in [6.45, 7) is 3.56. The van der Waals surface area contributed by atoms with E-state index >= 15 is 0 Å². The summed E-state index contributed by atoms with van der Waals surface area (Å²) >= 11 is 1.54. The van der Waals surface area contributed by atoms with Gasteiger partial charge in [0.05, 0.1) is 18.2 Å². The molecule has 118 valence electrons. The van der Waals surface area contributed by atoms with Crippen molar-refractivity contribution in [2.75, 3.05) is 19.7 Å². The van der Waals surface area contributed by atoms with Crippen LogP contribution in [0.15, 0.2) is 5.38 Å². The Morgan fingerprint density at radius 2 is 2.41 bits per heavy atom. The third-order valence-corrected chi connectivity index (χ3v) is 4.44. The fourth-order valence-corrected chi connectivity index (χ4v) is 3.27. The van der Waals surface area contributed by atoms with Gasteiger partial charge in [0, 0.05) is 19.0 Å². The molecule has 2 aromatic heterocycles. The molecule has 22 heavy (non-hydrogen) atoms. The van der Waals surface area contributed by atoms with E-state index in [0.29, 0.717) is 31.2 Å². The van der Waals surface area contributed by atoms with Gasteiger partial charge in [-0.3, -0.25) is 4.79 Å². The number of ether oxygens (including phenoxy) is 1. The lowest BCUT2D eigenvalue weighted by Crippen LogP contribution is -2.43. The maximum Gasteiger partial charge on any atom is 0.273 e. The fourth-order valence-electron chi connectivity index (χ4n) is 2.40. The molecule has 3 rings (SSSR count). The molecule has 1 aliphatic heterocycles. The lowest BCUT2D eigenvalue weighted by molar-refractivity contribution is -0.0285. The number of hydrogen-bond donors (Lipinski definition) is 0. The summed E-state index contributed by atoms with van der Waals surface area (Å²) in [5.41, 5.74) is 0.519. The van der Waals surface area contributed by atoms with Gasteiger partial charge < -0.3 is 9.64 Å². The summed E-state index contributed by atoms with van der Waals surface area (Å²) in [5, 5.41) is 14.2. The van der Waals surface area contributed by atoms with E-state index in [1.165, 1.54) is 0 Å². The van der Waals surface area contributed by atoms with Gasteiger partial charge in [-0.1, -0.05) is 6.92 Å². The van der Waals surface area contributed by atoms with E-state index in [1.807, 2.05) is 5.38 Å². The van der Waals surface area contributed by atoms with E-state index in [2.05, 4.69) is 27.4 Å². The number of carbonyl (C=O) groups excluding carboxylic acids is 1. The third kappa shape index (κ3) is 3.00. The zero-order valence-electron chi connectivity index (χ0n) is 12.6. The molecular formula is C13H18N6O2S. The maximum absolute atomic E-state index is 12.6. The lowest BCUT2D eigenvalue weighted by atomic mass is 10.2. The summed E-state index contributed by atoms with van der Waals surface area (Å²) in [4.78, 5) is 18.8. The topological polar surface area (TPSA) is 86.0 Å². The number of morpholine rings is 1. The molecule has 0 saturated carbocycles. The molecule has 0 aromatic carbocycles. The van der Waals surface area contributed by atoms with Crippen molar-refractivity contribution in [1.29, 1.82) is 0 Å². The van der Waals surface area contributed by atoms with Crippen LogP contribution < -0.4 is 0 Å². The zero-order valence-corrected chi connectivity index (χ0v) is 13.4. The lowest BCUT2D eigenvalue weighted by Gasteiger charge is -2.31. The fraction of sp³-hybridized carbons (Fsp3) is 0.615. The second-order valence-electron chi connectivity index (χ2n) is 5.15. The van der Waals surface area contributed by atoms with Crippen molar-refractivity contribution >= 4 is 17.2 Å². The molecule has 9 heteroatoms. The highest BCUT2D eigenvalue weighted by atomic mass is 32.1. The number of tetrazole rings is 1.